The Kier molecular flexibility index (Phi) is 4.63. The molecule has 0 aromatic heterocycles. The normalized spacial score (nSPS) is 14.4. The molecule has 0 saturated heterocycles. The first kappa shape index (κ1) is 17.1. The van der Waals surface area contributed by atoms with Gasteiger partial charge < -0.3 is 4.90 Å². The summed E-state index contributed by atoms with van der Waals surface area (Å²) in [5, 5.41) is 2.75. The number of hydrogen-bond donors (Lipinski definition) is 0. The van der Waals surface area contributed by atoms with Gasteiger partial charge in [0.15, 0.2) is 0 Å². The van der Waals surface area contributed by atoms with Crippen LogP contribution in [0.3, 0.4) is 0 Å². The van der Waals surface area contributed by atoms with Gasteiger partial charge in [-0.1, -0.05) is 94.2 Å². The Morgan fingerprint density at radius 2 is 1.28 bits per heavy atom. The van der Waals surface area contributed by atoms with Crippen molar-refractivity contribution in [2.45, 2.75) is 23.5 Å². The first-order valence-corrected chi connectivity index (χ1v) is 10.6. The van der Waals surface area contributed by atoms with Gasteiger partial charge in [-0.05, 0) is 33.7 Å². The van der Waals surface area contributed by atoms with Crippen molar-refractivity contribution in [2.75, 3.05) is 18.0 Å². The summed E-state index contributed by atoms with van der Waals surface area (Å²) >= 11 is 7.47. The molecule has 2 unspecified atom stereocenters. The van der Waals surface area contributed by atoms with Gasteiger partial charge in [-0.25, -0.2) is 0 Å². The van der Waals surface area contributed by atoms with E-state index in [1.165, 1.54) is 38.7 Å². The van der Waals surface area contributed by atoms with E-state index in [2.05, 4.69) is 105 Å². The van der Waals surface area contributed by atoms with Crippen LogP contribution in [-0.4, -0.2) is 22.7 Å². The number of anilines is 1. The quantitative estimate of drug-likeness (QED) is 0.295. The fourth-order valence-corrected chi connectivity index (χ4v) is 4.65. The van der Waals surface area contributed by atoms with E-state index in [1.54, 1.807) is 0 Å². The second kappa shape index (κ2) is 6.77. The Hall–Kier alpha value is -1.32. The summed E-state index contributed by atoms with van der Waals surface area (Å²) in [7, 11) is 0. The number of fused-ring (bicyclic) bond motifs is 3. The Labute approximate surface area is 166 Å². The third-order valence-corrected chi connectivity index (χ3v) is 5.39. The maximum atomic E-state index is 3.73. The zero-order valence-electron chi connectivity index (χ0n) is 14.5. The van der Waals surface area contributed by atoms with Crippen LogP contribution in [0.1, 0.15) is 13.8 Å². The zero-order valence-corrected chi connectivity index (χ0v) is 17.6. The second-order valence-corrected chi connectivity index (χ2v) is 10.00. The number of alkyl halides is 2. The lowest BCUT2D eigenvalue weighted by molar-refractivity contribution is 0.774. The molecular formula is C22H21Br2N. The molecule has 0 spiro atoms. The predicted molar refractivity (Wildman–Crippen MR) is 117 cm³/mol. The van der Waals surface area contributed by atoms with E-state index >= 15 is 0 Å². The Balaban J connectivity index is 1.92. The van der Waals surface area contributed by atoms with Crippen LogP contribution < -0.4 is 4.90 Å². The van der Waals surface area contributed by atoms with Gasteiger partial charge in [-0.15, -0.1) is 0 Å². The minimum absolute atomic E-state index is 0.444. The van der Waals surface area contributed by atoms with Crippen LogP contribution in [0.4, 0.5) is 5.69 Å². The van der Waals surface area contributed by atoms with Gasteiger partial charge in [-0.3, -0.25) is 0 Å². The Morgan fingerprint density at radius 1 is 0.720 bits per heavy atom. The van der Waals surface area contributed by atoms with E-state index in [1.807, 2.05) is 0 Å². The topological polar surface area (TPSA) is 3.24 Å². The van der Waals surface area contributed by atoms with Crippen LogP contribution >= 0.6 is 31.9 Å². The van der Waals surface area contributed by atoms with Gasteiger partial charge in [0.05, 0.1) is 0 Å². The van der Waals surface area contributed by atoms with Gasteiger partial charge >= 0.3 is 0 Å². The summed E-state index contributed by atoms with van der Waals surface area (Å²) in [6, 6.07) is 20.1. The summed E-state index contributed by atoms with van der Waals surface area (Å²) < 4.78 is 0. The number of halogens is 2. The third-order valence-electron chi connectivity index (χ3n) is 4.81. The summed E-state index contributed by atoms with van der Waals surface area (Å²) in [4.78, 5) is 3.38. The molecule has 0 fully saturated rings. The molecule has 1 nitrogen and oxygen atoms in total. The number of rotatable bonds is 5. The molecule has 0 saturated carbocycles. The van der Waals surface area contributed by atoms with Gasteiger partial charge in [0.25, 0.3) is 0 Å². The highest BCUT2D eigenvalue weighted by molar-refractivity contribution is 9.09. The fraction of sp³-hybridized carbons (Fsp3) is 0.273. The first-order valence-electron chi connectivity index (χ1n) is 8.75. The lowest BCUT2D eigenvalue weighted by atomic mass is 10.0. The maximum Gasteiger partial charge on any atom is 0.0447 e. The highest BCUT2D eigenvalue weighted by Gasteiger charge is 2.23. The van der Waals surface area contributed by atoms with Crippen LogP contribution in [0.25, 0.3) is 33.0 Å². The van der Waals surface area contributed by atoms with Gasteiger partial charge in [0.2, 0.25) is 0 Å². The lowest BCUT2D eigenvalue weighted by Crippen LogP contribution is -2.33. The van der Waals surface area contributed by atoms with Crippen molar-refractivity contribution < 1.29 is 0 Å². The van der Waals surface area contributed by atoms with Crippen molar-refractivity contribution in [3.8, 4) is 22.3 Å². The van der Waals surface area contributed by atoms with Gasteiger partial charge in [-0.2, -0.15) is 0 Å². The molecule has 3 heteroatoms. The molecule has 0 amide bonds. The number of nitrogens with zero attached hydrogens (tertiary/aromatic N) is 1. The van der Waals surface area contributed by atoms with E-state index in [0.29, 0.717) is 9.65 Å². The molecular weight excluding hydrogens is 438 g/mol. The first-order chi connectivity index (χ1) is 12.1. The lowest BCUT2D eigenvalue weighted by Gasteiger charge is -2.29. The van der Waals surface area contributed by atoms with Crippen molar-refractivity contribution in [2.24, 2.45) is 0 Å². The minimum Gasteiger partial charge on any atom is -0.369 e. The minimum atomic E-state index is 0.444. The summed E-state index contributed by atoms with van der Waals surface area (Å²) in [5.41, 5.74) is 6.77. The monoisotopic (exact) mass is 457 g/mol. The van der Waals surface area contributed by atoms with Crippen LogP contribution in [0, 0.1) is 0 Å². The van der Waals surface area contributed by atoms with E-state index < -0.39 is 0 Å². The molecule has 128 valence electrons. The molecule has 3 aromatic rings. The van der Waals surface area contributed by atoms with Gasteiger partial charge in [0, 0.05) is 33.8 Å². The van der Waals surface area contributed by atoms with E-state index in [0.717, 1.165) is 13.1 Å². The molecule has 0 bridgehead atoms. The van der Waals surface area contributed by atoms with Crippen LogP contribution in [-0.2, 0) is 0 Å². The molecule has 0 N–H and O–H groups in total. The summed E-state index contributed by atoms with van der Waals surface area (Å²) in [6.07, 6.45) is 0. The summed E-state index contributed by atoms with van der Waals surface area (Å²) in [6.45, 7) is 6.40. The van der Waals surface area contributed by atoms with E-state index in [9.17, 15) is 0 Å². The second-order valence-electron chi connectivity index (χ2n) is 6.87. The van der Waals surface area contributed by atoms with Crippen molar-refractivity contribution in [1.82, 2.24) is 0 Å². The SMILES string of the molecule is CC(Br)CN(CC(C)Br)c1ccc2c3c(cccc13)-c1ccccc1-2. The van der Waals surface area contributed by atoms with Crippen LogP contribution in [0.5, 0.6) is 0 Å². The van der Waals surface area contributed by atoms with Crippen molar-refractivity contribution in [3.05, 3.63) is 54.6 Å². The number of hydrogen-bond acceptors (Lipinski definition) is 1. The molecule has 0 aliphatic heterocycles. The third kappa shape index (κ3) is 3.02. The maximum absolute atomic E-state index is 3.73. The molecule has 1 aliphatic rings. The smallest absolute Gasteiger partial charge is 0.0447 e. The Morgan fingerprint density at radius 3 is 1.88 bits per heavy atom. The highest BCUT2D eigenvalue weighted by atomic mass is 79.9. The molecule has 25 heavy (non-hydrogen) atoms. The van der Waals surface area contributed by atoms with Crippen molar-refractivity contribution in [3.63, 3.8) is 0 Å². The zero-order chi connectivity index (χ0) is 17.6. The molecule has 0 radical (unpaired) electrons. The molecule has 0 heterocycles. The van der Waals surface area contributed by atoms with Crippen molar-refractivity contribution >= 4 is 48.3 Å². The van der Waals surface area contributed by atoms with Gasteiger partial charge in [0.1, 0.15) is 0 Å². The predicted octanol–water partition coefficient (Wildman–Crippen LogP) is 6.86. The van der Waals surface area contributed by atoms with Crippen LogP contribution in [0.15, 0.2) is 54.6 Å². The summed E-state index contributed by atoms with van der Waals surface area (Å²) in [5.74, 6) is 0. The molecule has 4 rings (SSSR count). The van der Waals surface area contributed by atoms with Crippen LogP contribution in [0.2, 0.25) is 0 Å². The molecule has 3 aromatic carbocycles. The van der Waals surface area contributed by atoms with E-state index in [4.69, 9.17) is 0 Å². The van der Waals surface area contributed by atoms with E-state index in [-0.39, 0.29) is 0 Å². The molecule has 1 aliphatic carbocycles. The highest BCUT2D eigenvalue weighted by Crippen LogP contribution is 2.49. The number of benzene rings is 3. The molecule has 2 atom stereocenters. The standard InChI is InChI=1S/C22H21Br2N/c1-14(23)12-25(13-15(2)24)21-11-10-19-17-7-4-3-6-16(17)18-8-5-9-20(21)22(18)19/h3-11,14-15H,12-13H2,1-2H3. The van der Waals surface area contributed by atoms with Crippen molar-refractivity contribution in [1.29, 1.82) is 0 Å². The average molecular weight is 459 g/mol. The average Bonchev–Trinajstić information content (AvgIpc) is 2.90. The Bertz CT molecular complexity index is 891. The largest absolute Gasteiger partial charge is 0.369 e. The fourth-order valence-electron chi connectivity index (χ4n) is 3.95.